The Balaban J connectivity index is 1.08. The van der Waals surface area contributed by atoms with E-state index < -0.39 is 0 Å². The molecule has 1 aromatic heterocycles. The Morgan fingerprint density at radius 1 is 0.737 bits per heavy atom. The second-order valence-electron chi connectivity index (χ2n) is 10.6. The van der Waals surface area contributed by atoms with Crippen molar-refractivity contribution in [3.8, 4) is 22.3 Å². The number of benzene rings is 4. The number of hydrogen-bond acceptors (Lipinski definition) is 5. The summed E-state index contributed by atoms with van der Waals surface area (Å²) in [5, 5.41) is 13.9. The molecule has 5 aromatic rings. The molecule has 0 radical (unpaired) electrons. The highest BCUT2D eigenvalue weighted by atomic mass is 16.3. The van der Waals surface area contributed by atoms with Gasteiger partial charge in [0.1, 0.15) is 12.1 Å². The van der Waals surface area contributed by atoms with E-state index in [2.05, 4.69) is 111 Å². The summed E-state index contributed by atoms with van der Waals surface area (Å²) in [7, 11) is 0. The van der Waals surface area contributed by atoms with Crippen molar-refractivity contribution < 1.29 is 5.11 Å². The van der Waals surface area contributed by atoms with Crippen molar-refractivity contribution in [1.29, 1.82) is 0 Å². The number of nitrogens with zero attached hydrogens (tertiary/aromatic N) is 3. The summed E-state index contributed by atoms with van der Waals surface area (Å²) in [5.41, 5.74) is 7.96. The predicted molar refractivity (Wildman–Crippen MR) is 153 cm³/mol. The molecule has 2 unspecified atom stereocenters. The fourth-order valence-corrected chi connectivity index (χ4v) is 6.05. The number of nitrogens with one attached hydrogen (secondary N) is 1. The first-order chi connectivity index (χ1) is 18.7. The summed E-state index contributed by atoms with van der Waals surface area (Å²) in [6.45, 7) is 3.57. The van der Waals surface area contributed by atoms with Crippen LogP contribution in [0.15, 0.2) is 103 Å². The van der Waals surface area contributed by atoms with E-state index in [1.807, 2.05) is 6.07 Å². The number of rotatable bonds is 7. The Labute approximate surface area is 222 Å². The summed E-state index contributed by atoms with van der Waals surface area (Å²) in [4.78, 5) is 11.6. The highest BCUT2D eigenvalue weighted by molar-refractivity contribution is 5.94. The summed E-state index contributed by atoms with van der Waals surface area (Å²) in [6, 6.07) is 34.1. The van der Waals surface area contributed by atoms with Gasteiger partial charge in [0.05, 0.1) is 5.52 Å². The van der Waals surface area contributed by atoms with Crippen molar-refractivity contribution in [3.05, 3.63) is 109 Å². The maximum atomic E-state index is 9.40. The molecular weight excluding hydrogens is 468 g/mol. The number of likely N-dealkylation sites (tertiary alicyclic amines) is 1. The second-order valence-corrected chi connectivity index (χ2v) is 10.6. The molecule has 0 amide bonds. The van der Waals surface area contributed by atoms with E-state index >= 15 is 0 Å². The molecule has 5 heteroatoms. The monoisotopic (exact) mass is 498 g/mol. The van der Waals surface area contributed by atoms with Crippen molar-refractivity contribution in [2.75, 3.05) is 25.0 Å². The van der Waals surface area contributed by atoms with Crippen LogP contribution < -0.4 is 5.32 Å². The third kappa shape index (κ3) is 4.44. The van der Waals surface area contributed by atoms with Gasteiger partial charge in [0.25, 0.3) is 0 Å². The maximum absolute atomic E-state index is 9.40. The molecule has 0 spiro atoms. The minimum atomic E-state index is 0.354. The van der Waals surface area contributed by atoms with Crippen LogP contribution in [0.5, 0.6) is 0 Å². The lowest BCUT2D eigenvalue weighted by Gasteiger charge is -2.19. The van der Waals surface area contributed by atoms with Crippen LogP contribution in [0.25, 0.3) is 33.2 Å². The average molecular weight is 499 g/mol. The molecule has 1 aliphatic heterocycles. The largest absolute Gasteiger partial charge is 0.396 e. The van der Waals surface area contributed by atoms with Crippen LogP contribution in [0, 0.1) is 17.8 Å². The second kappa shape index (κ2) is 9.67. The lowest BCUT2D eigenvalue weighted by atomic mass is 10.0. The first-order valence-corrected chi connectivity index (χ1v) is 13.3. The Bertz CT molecular complexity index is 1560. The predicted octanol–water partition coefficient (Wildman–Crippen LogP) is 6.38. The molecule has 2 N–H and O–H groups in total. The fourth-order valence-electron chi connectivity index (χ4n) is 6.05. The highest BCUT2D eigenvalue weighted by Crippen LogP contribution is 2.51. The van der Waals surface area contributed by atoms with E-state index in [-0.39, 0.29) is 0 Å². The van der Waals surface area contributed by atoms with Crippen molar-refractivity contribution in [2.24, 2.45) is 17.8 Å². The fraction of sp³-hybridized carbons (Fsp3) is 0.212. The molecule has 2 fully saturated rings. The van der Waals surface area contributed by atoms with Gasteiger partial charge < -0.3 is 10.4 Å². The van der Waals surface area contributed by atoms with Gasteiger partial charge in [-0.1, -0.05) is 72.8 Å². The van der Waals surface area contributed by atoms with Crippen molar-refractivity contribution in [1.82, 2.24) is 14.9 Å². The van der Waals surface area contributed by atoms with Gasteiger partial charge in [0.2, 0.25) is 0 Å². The zero-order valence-electron chi connectivity index (χ0n) is 21.2. The number of aromatic nitrogens is 2. The molecule has 2 heterocycles. The molecule has 188 valence electrons. The van der Waals surface area contributed by atoms with E-state index in [4.69, 9.17) is 0 Å². The SMILES string of the molecule is OCC1C2CN(Cc3ccc(-c4ccc5ncnc(Nc6ccc(-c7ccccc7)cc6)c5c4)cc3)CC12. The van der Waals surface area contributed by atoms with Crippen LogP contribution in [-0.4, -0.2) is 39.7 Å². The third-order valence-electron chi connectivity index (χ3n) is 8.24. The molecule has 7 rings (SSSR count). The van der Waals surface area contributed by atoms with Crippen LogP contribution in [0.2, 0.25) is 0 Å². The lowest BCUT2D eigenvalue weighted by molar-refractivity contribution is 0.217. The number of anilines is 2. The molecule has 2 atom stereocenters. The van der Waals surface area contributed by atoms with Crippen LogP contribution in [-0.2, 0) is 6.54 Å². The third-order valence-corrected chi connectivity index (χ3v) is 8.24. The molecule has 1 saturated heterocycles. The minimum absolute atomic E-state index is 0.354. The van der Waals surface area contributed by atoms with Crippen LogP contribution in [0.4, 0.5) is 11.5 Å². The standard InChI is InChI=1S/C33H30N4O/c38-20-31-29-18-37(19-30(29)31)17-22-6-8-25(9-7-22)26-12-15-32-28(16-26)33(35-21-34-32)36-27-13-10-24(11-14-27)23-4-2-1-3-5-23/h1-16,21,29-31,38H,17-20H2,(H,34,35,36). The van der Waals surface area contributed by atoms with Gasteiger partial charge in [-0.25, -0.2) is 9.97 Å². The minimum Gasteiger partial charge on any atom is -0.396 e. The Morgan fingerprint density at radius 2 is 1.39 bits per heavy atom. The number of aliphatic hydroxyl groups excluding tert-OH is 1. The van der Waals surface area contributed by atoms with Gasteiger partial charge in [-0.15, -0.1) is 0 Å². The number of aliphatic hydroxyl groups is 1. The van der Waals surface area contributed by atoms with Crippen molar-refractivity contribution in [3.63, 3.8) is 0 Å². The van der Waals surface area contributed by atoms with Gasteiger partial charge in [0.15, 0.2) is 0 Å². The lowest BCUT2D eigenvalue weighted by Crippen LogP contribution is -2.24. The summed E-state index contributed by atoms with van der Waals surface area (Å²) in [5.74, 6) is 2.78. The van der Waals surface area contributed by atoms with E-state index in [1.165, 1.54) is 22.3 Å². The van der Waals surface area contributed by atoms with Crippen LogP contribution in [0.1, 0.15) is 5.56 Å². The highest BCUT2D eigenvalue weighted by Gasteiger charge is 2.54. The van der Waals surface area contributed by atoms with Gasteiger partial charge in [-0.05, 0) is 69.8 Å². The zero-order chi connectivity index (χ0) is 25.5. The summed E-state index contributed by atoms with van der Waals surface area (Å²) in [6.07, 6.45) is 1.61. The first kappa shape index (κ1) is 23.1. The molecule has 2 aliphatic rings. The van der Waals surface area contributed by atoms with Gasteiger partial charge in [-0.2, -0.15) is 0 Å². The molecule has 1 saturated carbocycles. The topological polar surface area (TPSA) is 61.3 Å². The zero-order valence-corrected chi connectivity index (χ0v) is 21.2. The van der Waals surface area contributed by atoms with E-state index in [0.29, 0.717) is 24.4 Å². The Kier molecular flexibility index (Phi) is 5.88. The quantitative estimate of drug-likeness (QED) is 0.273. The van der Waals surface area contributed by atoms with E-state index in [0.717, 1.165) is 47.6 Å². The number of fused-ring (bicyclic) bond motifs is 2. The van der Waals surface area contributed by atoms with Gasteiger partial charge in [-0.3, -0.25) is 4.90 Å². The Hall–Kier alpha value is -4.06. The van der Waals surface area contributed by atoms with Crippen molar-refractivity contribution in [2.45, 2.75) is 6.54 Å². The molecule has 1 aliphatic carbocycles. The molecule has 38 heavy (non-hydrogen) atoms. The summed E-state index contributed by atoms with van der Waals surface area (Å²) < 4.78 is 0. The molecular formula is C33H30N4O. The maximum Gasteiger partial charge on any atom is 0.141 e. The van der Waals surface area contributed by atoms with Crippen molar-refractivity contribution >= 4 is 22.4 Å². The molecule has 5 nitrogen and oxygen atoms in total. The first-order valence-electron chi connectivity index (χ1n) is 13.3. The van der Waals surface area contributed by atoms with E-state index in [1.54, 1.807) is 6.33 Å². The molecule has 4 aromatic carbocycles. The Morgan fingerprint density at radius 3 is 2.13 bits per heavy atom. The summed E-state index contributed by atoms with van der Waals surface area (Å²) >= 11 is 0. The number of piperidine rings is 1. The average Bonchev–Trinajstić information content (AvgIpc) is 3.46. The van der Waals surface area contributed by atoms with Gasteiger partial charge >= 0.3 is 0 Å². The normalized spacial score (nSPS) is 20.4. The van der Waals surface area contributed by atoms with Gasteiger partial charge in [0, 0.05) is 37.3 Å². The molecule has 0 bridgehead atoms. The van der Waals surface area contributed by atoms with Crippen LogP contribution >= 0.6 is 0 Å². The smallest absolute Gasteiger partial charge is 0.141 e. The van der Waals surface area contributed by atoms with Crippen LogP contribution in [0.3, 0.4) is 0 Å². The van der Waals surface area contributed by atoms with E-state index in [9.17, 15) is 5.11 Å². The number of hydrogen-bond donors (Lipinski definition) is 2.